The number of aliphatic hydroxyl groups is 1. The van der Waals surface area contributed by atoms with Crippen LogP contribution < -0.4 is 0 Å². The summed E-state index contributed by atoms with van der Waals surface area (Å²) in [6.45, 7) is 2.89. The molecule has 1 fully saturated rings. The molecule has 98 valence electrons. The van der Waals surface area contributed by atoms with Crippen molar-refractivity contribution in [2.75, 3.05) is 0 Å². The third-order valence-corrected chi connectivity index (χ3v) is 3.02. The molecule has 5 atom stereocenters. The largest absolute Gasteiger partial charge is 0.462 e. The van der Waals surface area contributed by atoms with Crippen molar-refractivity contribution >= 4 is 5.97 Å². The number of aliphatic hydroxyl groups excluding tert-OH is 1. The molecule has 0 aromatic carbocycles. The number of nitrogens with zero attached hydrogens (tertiary/aromatic N) is 6. The van der Waals surface area contributed by atoms with Gasteiger partial charge in [-0.05, 0) is 17.5 Å². The summed E-state index contributed by atoms with van der Waals surface area (Å²) in [6.07, 6.45) is -1.49. The molecule has 0 saturated heterocycles. The molecule has 1 rings (SSSR count). The second-order valence-corrected chi connectivity index (χ2v) is 4.20. The molecule has 9 nitrogen and oxygen atoms in total. The molecule has 0 aromatic rings. The first-order valence-corrected chi connectivity index (χ1v) is 5.45. The topological polar surface area (TPSA) is 144 Å². The lowest BCUT2D eigenvalue weighted by Gasteiger charge is -2.39. The fourth-order valence-corrected chi connectivity index (χ4v) is 2.15. The van der Waals surface area contributed by atoms with E-state index in [0.29, 0.717) is 0 Å². The quantitative estimate of drug-likeness (QED) is 0.354. The zero-order chi connectivity index (χ0) is 13.7. The molecule has 0 aromatic heterocycles. The Labute approximate surface area is 103 Å². The Bertz CT molecular complexity index is 415. The van der Waals surface area contributed by atoms with Crippen LogP contribution in [0.1, 0.15) is 20.3 Å². The monoisotopic (exact) mass is 254 g/mol. The maximum absolute atomic E-state index is 11.0. The lowest BCUT2D eigenvalue weighted by molar-refractivity contribution is -0.156. The minimum Gasteiger partial charge on any atom is -0.462 e. The summed E-state index contributed by atoms with van der Waals surface area (Å²) in [5.41, 5.74) is 16.9. The summed E-state index contributed by atoms with van der Waals surface area (Å²) < 4.78 is 5.07. The molecule has 0 heterocycles. The van der Waals surface area contributed by atoms with Gasteiger partial charge in [-0.3, -0.25) is 4.79 Å². The van der Waals surface area contributed by atoms with E-state index in [-0.39, 0.29) is 6.42 Å². The summed E-state index contributed by atoms with van der Waals surface area (Å²) in [5.74, 6) is -0.993. The first-order chi connectivity index (χ1) is 8.51. The third kappa shape index (κ3) is 3.04. The van der Waals surface area contributed by atoms with E-state index in [9.17, 15) is 9.90 Å². The summed E-state index contributed by atoms with van der Waals surface area (Å²) in [4.78, 5) is 16.3. The molecule has 0 radical (unpaired) electrons. The van der Waals surface area contributed by atoms with Crippen LogP contribution in [-0.4, -0.2) is 35.4 Å². The zero-order valence-electron chi connectivity index (χ0n) is 10.0. The standard InChI is InChI=1S/C9H14N6O3/c1-4-8(17)6(12-14-10)3-7(13-15-11)9(4)18-5(2)16/h4,6-9,17H,3H2,1-2H3. The summed E-state index contributed by atoms with van der Waals surface area (Å²) in [5, 5.41) is 17.0. The number of ether oxygens (including phenoxy) is 1. The Hall–Kier alpha value is -1.95. The molecule has 5 unspecified atom stereocenters. The highest BCUT2D eigenvalue weighted by Crippen LogP contribution is 2.31. The predicted octanol–water partition coefficient (Wildman–Crippen LogP) is 1.68. The van der Waals surface area contributed by atoms with E-state index in [4.69, 9.17) is 15.8 Å². The summed E-state index contributed by atoms with van der Waals surface area (Å²) in [6, 6.07) is -1.33. The highest BCUT2D eigenvalue weighted by molar-refractivity contribution is 5.66. The lowest BCUT2D eigenvalue weighted by atomic mass is 9.79. The maximum Gasteiger partial charge on any atom is 0.302 e. The van der Waals surface area contributed by atoms with Gasteiger partial charge in [-0.15, -0.1) is 0 Å². The van der Waals surface area contributed by atoms with Crippen molar-refractivity contribution in [3.05, 3.63) is 20.9 Å². The minimum absolute atomic E-state index is 0.150. The molecule has 1 saturated carbocycles. The highest BCUT2D eigenvalue weighted by atomic mass is 16.5. The second-order valence-electron chi connectivity index (χ2n) is 4.20. The van der Waals surface area contributed by atoms with Crippen LogP contribution in [0.5, 0.6) is 0 Å². The summed E-state index contributed by atoms with van der Waals surface area (Å²) >= 11 is 0. The predicted molar refractivity (Wildman–Crippen MR) is 61.2 cm³/mol. The fourth-order valence-electron chi connectivity index (χ4n) is 2.15. The molecule has 1 aliphatic rings. The Morgan fingerprint density at radius 2 is 1.89 bits per heavy atom. The van der Waals surface area contributed by atoms with Crippen molar-refractivity contribution < 1.29 is 14.6 Å². The van der Waals surface area contributed by atoms with Gasteiger partial charge < -0.3 is 9.84 Å². The number of hydrogen-bond donors (Lipinski definition) is 1. The first kappa shape index (κ1) is 14.1. The van der Waals surface area contributed by atoms with Crippen LogP contribution in [0.25, 0.3) is 20.9 Å². The van der Waals surface area contributed by atoms with Gasteiger partial charge in [-0.2, -0.15) is 0 Å². The molecule has 9 heteroatoms. The Morgan fingerprint density at radius 3 is 2.39 bits per heavy atom. The molecule has 18 heavy (non-hydrogen) atoms. The molecule has 1 N–H and O–H groups in total. The fraction of sp³-hybridized carbons (Fsp3) is 0.889. The zero-order valence-corrected chi connectivity index (χ0v) is 10.0. The Morgan fingerprint density at radius 1 is 1.33 bits per heavy atom. The number of carbonyl (C=O) groups excluding carboxylic acids is 1. The van der Waals surface area contributed by atoms with Gasteiger partial charge in [0.1, 0.15) is 6.10 Å². The van der Waals surface area contributed by atoms with Gasteiger partial charge >= 0.3 is 5.97 Å². The van der Waals surface area contributed by atoms with E-state index in [1.807, 2.05) is 0 Å². The molecular weight excluding hydrogens is 240 g/mol. The van der Waals surface area contributed by atoms with Crippen LogP contribution in [0.15, 0.2) is 10.2 Å². The van der Waals surface area contributed by atoms with Gasteiger partial charge in [-0.1, -0.05) is 17.2 Å². The smallest absolute Gasteiger partial charge is 0.302 e. The number of hydrogen-bond acceptors (Lipinski definition) is 5. The van der Waals surface area contributed by atoms with Crippen LogP contribution >= 0.6 is 0 Å². The number of carbonyl (C=O) groups is 1. The summed E-state index contributed by atoms with van der Waals surface area (Å²) in [7, 11) is 0. The average Bonchev–Trinajstić information content (AvgIpc) is 2.31. The maximum atomic E-state index is 11.0. The van der Waals surface area contributed by atoms with Gasteiger partial charge in [-0.25, -0.2) is 0 Å². The van der Waals surface area contributed by atoms with E-state index in [1.54, 1.807) is 6.92 Å². The van der Waals surface area contributed by atoms with Gasteiger partial charge in [0.25, 0.3) is 0 Å². The first-order valence-electron chi connectivity index (χ1n) is 5.45. The third-order valence-electron chi connectivity index (χ3n) is 3.02. The normalized spacial score (nSPS) is 34.9. The second kappa shape index (κ2) is 6.11. The van der Waals surface area contributed by atoms with Crippen LogP contribution in [0.4, 0.5) is 0 Å². The van der Waals surface area contributed by atoms with Gasteiger partial charge in [0.15, 0.2) is 0 Å². The number of rotatable bonds is 3. The van der Waals surface area contributed by atoms with Crippen molar-refractivity contribution in [2.45, 2.75) is 44.6 Å². The van der Waals surface area contributed by atoms with Crippen LogP contribution in [-0.2, 0) is 9.53 Å². The highest BCUT2D eigenvalue weighted by Gasteiger charge is 2.43. The molecule has 0 amide bonds. The van der Waals surface area contributed by atoms with E-state index in [2.05, 4.69) is 20.1 Å². The average molecular weight is 254 g/mol. The van der Waals surface area contributed by atoms with Gasteiger partial charge in [0.2, 0.25) is 0 Å². The Balaban J connectivity index is 2.98. The van der Waals surface area contributed by atoms with Crippen molar-refractivity contribution in [3.8, 4) is 0 Å². The molecule has 1 aliphatic carbocycles. The minimum atomic E-state index is -0.935. The van der Waals surface area contributed by atoms with Crippen molar-refractivity contribution in [1.82, 2.24) is 0 Å². The van der Waals surface area contributed by atoms with Crippen LogP contribution in [0.3, 0.4) is 0 Å². The molecule has 0 aliphatic heterocycles. The number of azide groups is 2. The van der Waals surface area contributed by atoms with Crippen molar-refractivity contribution in [2.24, 2.45) is 16.1 Å². The van der Waals surface area contributed by atoms with Gasteiger partial charge in [0, 0.05) is 22.7 Å². The SMILES string of the molecule is CC(=O)OC1C(N=[N+]=[N-])CC(N=[N+]=[N-])C(O)C1C. The van der Waals surface area contributed by atoms with Crippen LogP contribution in [0, 0.1) is 5.92 Å². The molecule has 0 bridgehead atoms. The van der Waals surface area contributed by atoms with Crippen LogP contribution in [0.2, 0.25) is 0 Å². The van der Waals surface area contributed by atoms with E-state index < -0.39 is 36.2 Å². The van der Waals surface area contributed by atoms with Crippen molar-refractivity contribution in [3.63, 3.8) is 0 Å². The lowest BCUT2D eigenvalue weighted by Crippen LogP contribution is -2.51. The molecular formula is C9H14N6O3. The van der Waals surface area contributed by atoms with Crippen molar-refractivity contribution in [1.29, 1.82) is 0 Å². The van der Waals surface area contributed by atoms with E-state index >= 15 is 0 Å². The van der Waals surface area contributed by atoms with Gasteiger partial charge in [0.05, 0.1) is 18.2 Å². The van der Waals surface area contributed by atoms with E-state index in [1.165, 1.54) is 6.92 Å². The number of esters is 1. The Kier molecular flexibility index (Phi) is 4.79. The molecule has 0 spiro atoms. The van der Waals surface area contributed by atoms with E-state index in [0.717, 1.165) is 0 Å².